The number of halogens is 1. The predicted octanol–water partition coefficient (Wildman–Crippen LogP) is 4.77. The van der Waals surface area contributed by atoms with Crippen LogP contribution in [0.1, 0.15) is 30.9 Å². The highest BCUT2D eigenvalue weighted by Crippen LogP contribution is 2.44. The molecule has 0 aromatic heterocycles. The summed E-state index contributed by atoms with van der Waals surface area (Å²) in [6.45, 7) is 6.05. The first-order chi connectivity index (χ1) is 9.38. The molecule has 0 aliphatic rings. The molecule has 3 heteroatoms. The van der Waals surface area contributed by atoms with Crippen LogP contribution in [0.25, 0.3) is 0 Å². The van der Waals surface area contributed by atoms with Crippen molar-refractivity contribution in [3.63, 3.8) is 0 Å². The van der Waals surface area contributed by atoms with E-state index in [1.165, 1.54) is 17.7 Å². The largest absolute Gasteiger partial charge is 0.319 e. The van der Waals surface area contributed by atoms with Gasteiger partial charge in [-0.15, -0.1) is 0 Å². The molecule has 1 nitrogen and oxygen atoms in total. The van der Waals surface area contributed by atoms with Gasteiger partial charge in [-0.1, -0.05) is 44.2 Å². The summed E-state index contributed by atoms with van der Waals surface area (Å²) < 4.78 is 25.9. The van der Waals surface area contributed by atoms with Gasteiger partial charge < -0.3 is 4.57 Å². The van der Waals surface area contributed by atoms with E-state index in [2.05, 4.69) is 19.9 Å². The standard InChI is InChI=1S/C17H20FOP/c1-13(2)15-5-4-6-17(11-15)20(3,19)12-14-7-9-16(18)10-8-14/h4-11,13H,12H2,1-3H3. The van der Waals surface area contributed by atoms with Gasteiger partial charge in [-0.3, -0.25) is 0 Å². The number of hydrogen-bond donors (Lipinski definition) is 0. The van der Waals surface area contributed by atoms with E-state index in [1.807, 2.05) is 18.2 Å². The van der Waals surface area contributed by atoms with Crippen LogP contribution in [0.5, 0.6) is 0 Å². The Bertz CT molecular complexity index is 632. The van der Waals surface area contributed by atoms with E-state index in [0.717, 1.165) is 10.9 Å². The van der Waals surface area contributed by atoms with E-state index >= 15 is 0 Å². The summed E-state index contributed by atoms with van der Waals surface area (Å²) in [6.07, 6.45) is 0.467. The fourth-order valence-electron chi connectivity index (χ4n) is 2.21. The van der Waals surface area contributed by atoms with E-state index in [1.54, 1.807) is 18.8 Å². The summed E-state index contributed by atoms with van der Waals surface area (Å²) in [5, 5.41) is 0.896. The molecule has 0 spiro atoms. The van der Waals surface area contributed by atoms with Gasteiger partial charge in [0.2, 0.25) is 0 Å². The van der Waals surface area contributed by atoms with Crippen molar-refractivity contribution in [3.8, 4) is 0 Å². The molecular formula is C17H20FOP. The number of hydrogen-bond acceptors (Lipinski definition) is 1. The minimum absolute atomic E-state index is 0.263. The van der Waals surface area contributed by atoms with Crippen molar-refractivity contribution in [2.75, 3.05) is 6.66 Å². The molecule has 0 heterocycles. The minimum Gasteiger partial charge on any atom is -0.319 e. The molecule has 1 unspecified atom stereocenters. The summed E-state index contributed by atoms with van der Waals surface area (Å²) in [7, 11) is -2.47. The third kappa shape index (κ3) is 3.58. The first-order valence-electron chi connectivity index (χ1n) is 6.80. The highest BCUT2D eigenvalue weighted by atomic mass is 31.2. The van der Waals surface area contributed by atoms with Crippen molar-refractivity contribution < 1.29 is 8.96 Å². The molecule has 0 bridgehead atoms. The van der Waals surface area contributed by atoms with Gasteiger partial charge in [-0.25, -0.2) is 4.39 Å². The summed E-state index contributed by atoms with van der Waals surface area (Å²) >= 11 is 0. The summed E-state index contributed by atoms with van der Waals surface area (Å²) in [5.41, 5.74) is 2.11. The summed E-state index contributed by atoms with van der Waals surface area (Å²) in [6, 6.07) is 14.2. The maximum atomic E-state index is 13.0. The summed E-state index contributed by atoms with van der Waals surface area (Å²) in [4.78, 5) is 0. The maximum Gasteiger partial charge on any atom is 0.123 e. The zero-order chi connectivity index (χ0) is 14.8. The monoisotopic (exact) mass is 290 g/mol. The lowest BCUT2D eigenvalue weighted by Gasteiger charge is -2.16. The van der Waals surface area contributed by atoms with E-state index in [-0.39, 0.29) is 5.82 Å². The van der Waals surface area contributed by atoms with Crippen molar-refractivity contribution >= 4 is 12.4 Å². The molecule has 106 valence electrons. The van der Waals surface area contributed by atoms with Crippen molar-refractivity contribution in [2.45, 2.75) is 25.9 Å². The average molecular weight is 290 g/mol. The Morgan fingerprint density at radius 1 is 1.10 bits per heavy atom. The Morgan fingerprint density at radius 2 is 1.75 bits per heavy atom. The lowest BCUT2D eigenvalue weighted by Crippen LogP contribution is -2.07. The smallest absolute Gasteiger partial charge is 0.123 e. The maximum absolute atomic E-state index is 13.0. The number of rotatable bonds is 4. The molecule has 0 aliphatic heterocycles. The molecular weight excluding hydrogens is 270 g/mol. The molecule has 0 radical (unpaired) electrons. The first-order valence-corrected chi connectivity index (χ1v) is 9.14. The molecule has 0 saturated carbocycles. The van der Waals surface area contributed by atoms with E-state index in [4.69, 9.17) is 0 Å². The molecule has 0 amide bonds. The average Bonchev–Trinajstić information content (AvgIpc) is 2.41. The van der Waals surface area contributed by atoms with Crippen molar-refractivity contribution in [1.82, 2.24) is 0 Å². The second-order valence-electron chi connectivity index (χ2n) is 5.64. The molecule has 1 atom stereocenters. The molecule has 0 saturated heterocycles. The van der Waals surface area contributed by atoms with Crippen LogP contribution in [0.2, 0.25) is 0 Å². The minimum atomic E-state index is -2.47. The van der Waals surface area contributed by atoms with Crippen LogP contribution in [0.4, 0.5) is 4.39 Å². The Kier molecular flexibility index (Phi) is 4.45. The normalized spacial score (nSPS) is 14.2. The van der Waals surface area contributed by atoms with Crippen LogP contribution in [0.15, 0.2) is 48.5 Å². The van der Waals surface area contributed by atoms with Gasteiger partial charge in [0.25, 0.3) is 0 Å². The van der Waals surface area contributed by atoms with Crippen LogP contribution in [0.3, 0.4) is 0 Å². The van der Waals surface area contributed by atoms with Crippen molar-refractivity contribution in [2.24, 2.45) is 0 Å². The van der Waals surface area contributed by atoms with E-state index in [0.29, 0.717) is 12.1 Å². The van der Waals surface area contributed by atoms with Crippen LogP contribution in [-0.4, -0.2) is 6.66 Å². The first kappa shape index (κ1) is 15.0. The summed E-state index contributed by atoms with van der Waals surface area (Å²) in [5.74, 6) is 0.155. The molecule has 0 N–H and O–H groups in total. The third-order valence-electron chi connectivity index (χ3n) is 3.48. The predicted molar refractivity (Wildman–Crippen MR) is 83.8 cm³/mol. The Morgan fingerprint density at radius 3 is 2.35 bits per heavy atom. The van der Waals surface area contributed by atoms with Gasteiger partial charge in [0.15, 0.2) is 0 Å². The highest BCUT2D eigenvalue weighted by Gasteiger charge is 2.19. The Balaban J connectivity index is 2.28. The van der Waals surface area contributed by atoms with Crippen LogP contribution >= 0.6 is 7.14 Å². The second kappa shape index (κ2) is 5.93. The fraction of sp³-hybridized carbons (Fsp3) is 0.294. The SMILES string of the molecule is CC(C)c1cccc(P(C)(=O)Cc2ccc(F)cc2)c1. The Labute approximate surface area is 120 Å². The fourth-order valence-corrected chi connectivity index (χ4v) is 4.12. The van der Waals surface area contributed by atoms with Crippen LogP contribution < -0.4 is 5.30 Å². The molecule has 2 aromatic rings. The molecule has 0 fully saturated rings. The molecule has 2 rings (SSSR count). The quantitative estimate of drug-likeness (QED) is 0.741. The van der Waals surface area contributed by atoms with E-state index in [9.17, 15) is 8.96 Å². The van der Waals surface area contributed by atoms with Crippen LogP contribution in [0, 0.1) is 5.82 Å². The zero-order valence-electron chi connectivity index (χ0n) is 12.1. The Hall–Kier alpha value is -1.40. The van der Waals surface area contributed by atoms with Gasteiger partial charge in [0.1, 0.15) is 13.0 Å². The molecule has 0 aliphatic carbocycles. The zero-order valence-corrected chi connectivity index (χ0v) is 13.0. The van der Waals surface area contributed by atoms with Gasteiger partial charge in [-0.2, -0.15) is 0 Å². The lowest BCUT2D eigenvalue weighted by atomic mass is 10.0. The molecule has 2 aromatic carbocycles. The van der Waals surface area contributed by atoms with Crippen molar-refractivity contribution in [1.29, 1.82) is 0 Å². The van der Waals surface area contributed by atoms with Gasteiger partial charge in [-0.05, 0) is 41.9 Å². The second-order valence-corrected chi connectivity index (χ2v) is 8.67. The molecule has 20 heavy (non-hydrogen) atoms. The van der Waals surface area contributed by atoms with Crippen molar-refractivity contribution in [3.05, 3.63) is 65.5 Å². The third-order valence-corrected chi connectivity index (χ3v) is 5.82. The van der Waals surface area contributed by atoms with E-state index < -0.39 is 7.14 Å². The number of benzene rings is 2. The topological polar surface area (TPSA) is 17.1 Å². The van der Waals surface area contributed by atoms with Gasteiger partial charge in [0.05, 0.1) is 0 Å². The van der Waals surface area contributed by atoms with Gasteiger partial charge >= 0.3 is 0 Å². The lowest BCUT2D eigenvalue weighted by molar-refractivity contribution is 0.584. The van der Waals surface area contributed by atoms with Crippen LogP contribution in [-0.2, 0) is 10.7 Å². The highest BCUT2D eigenvalue weighted by molar-refractivity contribution is 7.70. The van der Waals surface area contributed by atoms with Gasteiger partial charge in [0, 0.05) is 11.5 Å².